The van der Waals surface area contributed by atoms with Gasteiger partial charge in [0.05, 0.1) is 18.1 Å². The molecule has 0 aromatic heterocycles. The summed E-state index contributed by atoms with van der Waals surface area (Å²) in [6, 6.07) is 16.6. The van der Waals surface area contributed by atoms with Gasteiger partial charge >= 0.3 is 0 Å². The summed E-state index contributed by atoms with van der Waals surface area (Å²) in [4.78, 5) is 18.1. The first-order chi connectivity index (χ1) is 16.6. The Morgan fingerprint density at radius 3 is 2.56 bits per heavy atom. The molecule has 0 N–H and O–H groups in total. The van der Waals surface area contributed by atoms with Crippen LogP contribution in [0.3, 0.4) is 0 Å². The molecule has 0 bridgehead atoms. The van der Waals surface area contributed by atoms with Crippen molar-refractivity contribution in [2.45, 2.75) is 63.1 Å². The van der Waals surface area contributed by atoms with Crippen molar-refractivity contribution in [2.24, 2.45) is 5.92 Å². The Kier molecular flexibility index (Phi) is 7.29. The molecule has 1 aliphatic carbocycles. The summed E-state index contributed by atoms with van der Waals surface area (Å²) in [7, 11) is 1.98. The molecule has 3 aliphatic rings. The Morgan fingerprint density at radius 1 is 1.12 bits per heavy atom. The number of halogens is 1. The van der Waals surface area contributed by atoms with Crippen LogP contribution in [-0.4, -0.2) is 48.9 Å². The first-order valence-corrected chi connectivity index (χ1v) is 13.4. The number of nitrogens with zero attached hydrogens (tertiary/aromatic N) is 2. The van der Waals surface area contributed by atoms with Crippen LogP contribution in [-0.2, 0) is 21.7 Å². The Balaban J connectivity index is 1.13. The predicted octanol–water partition coefficient (Wildman–Crippen LogP) is 5.98. The Morgan fingerprint density at radius 2 is 1.82 bits per heavy atom. The molecule has 1 spiro atoms. The second kappa shape index (κ2) is 10.4. The smallest absolute Gasteiger partial charge is 0.230 e. The lowest BCUT2D eigenvalue weighted by atomic mass is 9.83. The van der Waals surface area contributed by atoms with Crippen LogP contribution in [0.25, 0.3) is 0 Å². The van der Waals surface area contributed by atoms with Gasteiger partial charge in [0.15, 0.2) is 0 Å². The highest BCUT2D eigenvalue weighted by Crippen LogP contribution is 2.44. The van der Waals surface area contributed by atoms with Crippen LogP contribution in [0, 0.1) is 5.92 Å². The number of hydrogen-bond acceptors (Lipinski definition) is 3. The highest BCUT2D eigenvalue weighted by Gasteiger charge is 2.42. The van der Waals surface area contributed by atoms with Gasteiger partial charge in [0, 0.05) is 31.7 Å². The molecule has 1 unspecified atom stereocenters. The predicted molar refractivity (Wildman–Crippen MR) is 137 cm³/mol. The van der Waals surface area contributed by atoms with Crippen molar-refractivity contribution in [3.63, 3.8) is 0 Å². The first-order valence-electron chi connectivity index (χ1n) is 13.0. The molecule has 182 valence electrons. The third-order valence-electron chi connectivity index (χ3n) is 8.39. The van der Waals surface area contributed by atoms with Crippen molar-refractivity contribution in [3.8, 4) is 0 Å². The number of fused-ring (bicyclic) bond motifs is 2. The summed E-state index contributed by atoms with van der Waals surface area (Å²) in [5.74, 6) is 0.672. The fourth-order valence-electron chi connectivity index (χ4n) is 6.39. The van der Waals surface area contributed by atoms with Gasteiger partial charge in [0.1, 0.15) is 0 Å². The van der Waals surface area contributed by atoms with Crippen molar-refractivity contribution in [2.75, 3.05) is 33.2 Å². The number of carbonyl (C=O) groups is 1. The SMILES string of the molecule is CN(CCCN1CCC2(CC1)OCc1ccccc12)C(=O)C(c1ccc(Cl)cc1)C1CCCC1. The van der Waals surface area contributed by atoms with E-state index in [1.807, 2.05) is 36.2 Å². The molecule has 2 heterocycles. The number of likely N-dealkylation sites (N-methyl/N-ethyl adjacent to an activating group) is 1. The van der Waals surface area contributed by atoms with Crippen LogP contribution >= 0.6 is 11.6 Å². The zero-order valence-electron chi connectivity index (χ0n) is 20.3. The summed E-state index contributed by atoms with van der Waals surface area (Å²) >= 11 is 6.12. The molecule has 4 nitrogen and oxygen atoms in total. The van der Waals surface area contributed by atoms with Crippen LogP contribution in [0.1, 0.15) is 67.6 Å². The van der Waals surface area contributed by atoms with Gasteiger partial charge in [-0.25, -0.2) is 0 Å². The lowest BCUT2D eigenvalue weighted by Crippen LogP contribution is -2.43. The standard InChI is InChI=1S/C29H37ClN2O2/c1-31(28(33)27(22-7-2-3-8-22)23-11-13-25(30)14-12-23)17-6-18-32-19-15-29(16-20-32)26-10-5-4-9-24(26)21-34-29/h4-5,9-14,22,27H,2-3,6-8,15-21H2,1H3. The summed E-state index contributed by atoms with van der Waals surface area (Å²) < 4.78 is 6.31. The maximum Gasteiger partial charge on any atom is 0.230 e. The van der Waals surface area contributed by atoms with Gasteiger partial charge in [-0.1, -0.05) is 60.8 Å². The molecule has 34 heavy (non-hydrogen) atoms. The maximum absolute atomic E-state index is 13.5. The van der Waals surface area contributed by atoms with E-state index in [1.165, 1.54) is 24.0 Å². The van der Waals surface area contributed by atoms with E-state index in [1.54, 1.807) is 0 Å². The molecule has 5 rings (SSSR count). The lowest BCUT2D eigenvalue weighted by molar-refractivity contribution is -0.133. The van der Waals surface area contributed by atoms with E-state index in [9.17, 15) is 4.79 Å². The number of benzene rings is 2. The maximum atomic E-state index is 13.5. The van der Waals surface area contributed by atoms with E-state index in [4.69, 9.17) is 16.3 Å². The van der Waals surface area contributed by atoms with Crippen LogP contribution in [0.5, 0.6) is 0 Å². The Hall–Kier alpha value is -1.88. The van der Waals surface area contributed by atoms with E-state index in [2.05, 4.69) is 29.2 Å². The number of ether oxygens (including phenoxy) is 1. The van der Waals surface area contributed by atoms with E-state index >= 15 is 0 Å². The molecule has 2 aromatic carbocycles. The number of carbonyl (C=O) groups excluding carboxylic acids is 1. The third kappa shape index (κ3) is 4.91. The van der Waals surface area contributed by atoms with Crippen molar-refractivity contribution < 1.29 is 9.53 Å². The molecule has 2 fully saturated rings. The molecule has 1 saturated heterocycles. The van der Waals surface area contributed by atoms with Gasteiger partial charge in [-0.2, -0.15) is 0 Å². The number of rotatable bonds is 7. The van der Waals surface area contributed by atoms with Crippen LogP contribution in [0.2, 0.25) is 5.02 Å². The average molecular weight is 481 g/mol. The minimum Gasteiger partial charge on any atom is -0.365 e. The fourth-order valence-corrected chi connectivity index (χ4v) is 6.52. The van der Waals surface area contributed by atoms with E-state index < -0.39 is 0 Å². The average Bonchev–Trinajstić information content (AvgIpc) is 3.51. The molecule has 1 saturated carbocycles. The topological polar surface area (TPSA) is 32.8 Å². The van der Waals surface area contributed by atoms with Gasteiger partial charge < -0.3 is 14.5 Å². The lowest BCUT2D eigenvalue weighted by Gasteiger charge is -2.39. The van der Waals surface area contributed by atoms with Gasteiger partial charge in [-0.3, -0.25) is 4.79 Å². The summed E-state index contributed by atoms with van der Waals surface area (Å²) in [6.45, 7) is 4.70. The van der Waals surface area contributed by atoms with Gasteiger partial charge in [-0.05, 0) is 73.4 Å². The van der Waals surface area contributed by atoms with Crippen LogP contribution < -0.4 is 0 Å². The molecule has 0 radical (unpaired) electrons. The number of likely N-dealkylation sites (tertiary alicyclic amines) is 1. The zero-order chi connectivity index (χ0) is 23.5. The van der Waals surface area contributed by atoms with Crippen molar-refractivity contribution in [1.29, 1.82) is 0 Å². The number of hydrogen-bond donors (Lipinski definition) is 0. The van der Waals surface area contributed by atoms with Gasteiger partial charge in [-0.15, -0.1) is 0 Å². The highest BCUT2D eigenvalue weighted by molar-refractivity contribution is 6.30. The molecular formula is C29H37ClN2O2. The summed E-state index contributed by atoms with van der Waals surface area (Å²) in [5.41, 5.74) is 3.80. The second-order valence-corrected chi connectivity index (χ2v) is 10.9. The van der Waals surface area contributed by atoms with Crippen molar-refractivity contribution >= 4 is 17.5 Å². The van der Waals surface area contributed by atoms with Crippen LogP contribution in [0.4, 0.5) is 0 Å². The van der Waals surface area contributed by atoms with E-state index in [-0.39, 0.29) is 17.4 Å². The minimum atomic E-state index is -0.0765. The third-order valence-corrected chi connectivity index (χ3v) is 8.64. The van der Waals surface area contributed by atoms with Crippen molar-refractivity contribution in [1.82, 2.24) is 9.80 Å². The highest BCUT2D eigenvalue weighted by atomic mass is 35.5. The van der Waals surface area contributed by atoms with E-state index in [0.717, 1.165) is 75.5 Å². The zero-order valence-corrected chi connectivity index (χ0v) is 21.1. The molecular weight excluding hydrogens is 444 g/mol. The normalized spacial score (nSPS) is 21.0. The largest absolute Gasteiger partial charge is 0.365 e. The fraction of sp³-hybridized carbons (Fsp3) is 0.552. The van der Waals surface area contributed by atoms with E-state index in [0.29, 0.717) is 5.92 Å². The quantitative estimate of drug-likeness (QED) is 0.488. The second-order valence-electron chi connectivity index (χ2n) is 10.5. The number of piperidine rings is 1. The molecule has 2 aliphatic heterocycles. The van der Waals surface area contributed by atoms with Crippen LogP contribution in [0.15, 0.2) is 48.5 Å². The molecule has 1 amide bonds. The number of amides is 1. The minimum absolute atomic E-state index is 0.0424. The summed E-state index contributed by atoms with van der Waals surface area (Å²) in [6.07, 6.45) is 7.87. The van der Waals surface area contributed by atoms with Gasteiger partial charge in [0.25, 0.3) is 0 Å². The Labute approximate surface area is 209 Å². The Bertz CT molecular complexity index is 978. The molecule has 1 atom stereocenters. The first kappa shape index (κ1) is 23.8. The van der Waals surface area contributed by atoms with Crippen molar-refractivity contribution in [3.05, 3.63) is 70.2 Å². The molecule has 5 heteroatoms. The molecule has 2 aromatic rings. The monoisotopic (exact) mass is 480 g/mol. The summed E-state index contributed by atoms with van der Waals surface area (Å²) in [5, 5.41) is 0.726. The van der Waals surface area contributed by atoms with Gasteiger partial charge in [0.2, 0.25) is 5.91 Å².